The Hall–Kier alpha value is -0.900. The molecule has 1 N–H and O–H groups in total. The van der Waals surface area contributed by atoms with Gasteiger partial charge in [0.2, 0.25) is 0 Å². The first-order valence-electron chi connectivity index (χ1n) is 8.37. The van der Waals surface area contributed by atoms with E-state index < -0.39 is 0 Å². The fourth-order valence-electron chi connectivity index (χ4n) is 5.40. The van der Waals surface area contributed by atoms with E-state index in [1.807, 2.05) is 0 Å². The summed E-state index contributed by atoms with van der Waals surface area (Å²) in [6, 6.07) is 0.605. The highest BCUT2D eigenvalue weighted by atomic mass is 15.3. The van der Waals surface area contributed by atoms with Gasteiger partial charge in [-0.05, 0) is 62.3 Å². The van der Waals surface area contributed by atoms with E-state index in [0.29, 0.717) is 6.04 Å². The van der Waals surface area contributed by atoms with Crippen LogP contribution >= 0.6 is 0 Å². The van der Waals surface area contributed by atoms with Crippen LogP contribution in [-0.4, -0.2) is 27.9 Å². The zero-order chi connectivity index (χ0) is 13.7. The number of hydrogen-bond acceptors (Lipinski definition) is 3. The third-order valence-corrected chi connectivity index (χ3v) is 6.16. The smallest absolute Gasteiger partial charge is 0.138 e. The van der Waals surface area contributed by atoms with Crippen LogP contribution in [0.2, 0.25) is 0 Å². The molecule has 0 aromatic carbocycles. The van der Waals surface area contributed by atoms with E-state index in [2.05, 4.69) is 34.1 Å². The van der Waals surface area contributed by atoms with Gasteiger partial charge < -0.3 is 5.32 Å². The number of nitrogens with one attached hydrogen (secondary N) is 1. The number of aromatic nitrogens is 3. The molecule has 4 heteroatoms. The van der Waals surface area contributed by atoms with Gasteiger partial charge in [-0.25, -0.2) is 4.98 Å². The Bertz CT molecular complexity index is 467. The van der Waals surface area contributed by atoms with Gasteiger partial charge in [0, 0.05) is 19.0 Å². The first-order valence-corrected chi connectivity index (χ1v) is 8.37. The monoisotopic (exact) mass is 274 g/mol. The fourth-order valence-corrected chi connectivity index (χ4v) is 5.40. The molecule has 2 bridgehead atoms. The number of likely N-dealkylation sites (N-methyl/N-ethyl adjacent to an activating group) is 1. The van der Waals surface area contributed by atoms with Crippen LogP contribution in [0.4, 0.5) is 0 Å². The fraction of sp³-hybridized carbons (Fsp3) is 0.875. The standard InChI is InChI=1S/C16H26N4/c1-3-6-20-13(18-9-19-20)8-12(17-2)16-14-10-4-5-11(7-10)15(14)16/h9-12,14-17H,3-8H2,1-2H3. The highest BCUT2D eigenvalue weighted by Crippen LogP contribution is 2.70. The molecule has 3 aliphatic rings. The average molecular weight is 274 g/mol. The second-order valence-electron chi connectivity index (χ2n) is 7.06. The largest absolute Gasteiger partial charge is 0.316 e. The summed E-state index contributed by atoms with van der Waals surface area (Å²) in [7, 11) is 2.13. The third-order valence-electron chi connectivity index (χ3n) is 6.16. The lowest BCUT2D eigenvalue weighted by atomic mass is 9.95. The SMILES string of the molecule is CCCn1ncnc1CC(NC)C1C2C3CCC(C3)C21. The first-order chi connectivity index (χ1) is 9.83. The molecular formula is C16H26N4. The van der Waals surface area contributed by atoms with Crippen LogP contribution in [-0.2, 0) is 13.0 Å². The molecule has 0 amide bonds. The Morgan fingerprint density at radius 1 is 1.35 bits per heavy atom. The highest BCUT2D eigenvalue weighted by molar-refractivity contribution is 5.16. The Morgan fingerprint density at radius 2 is 2.10 bits per heavy atom. The lowest BCUT2D eigenvalue weighted by Crippen LogP contribution is -2.33. The van der Waals surface area contributed by atoms with E-state index in [1.165, 1.54) is 25.1 Å². The molecule has 1 aromatic rings. The van der Waals surface area contributed by atoms with Crippen molar-refractivity contribution in [1.82, 2.24) is 20.1 Å². The minimum atomic E-state index is 0.605. The van der Waals surface area contributed by atoms with Gasteiger partial charge in [-0.3, -0.25) is 4.68 Å². The molecule has 1 heterocycles. The topological polar surface area (TPSA) is 42.7 Å². The van der Waals surface area contributed by atoms with Crippen molar-refractivity contribution >= 4 is 0 Å². The van der Waals surface area contributed by atoms with Crippen molar-refractivity contribution < 1.29 is 0 Å². The summed E-state index contributed by atoms with van der Waals surface area (Å²) in [4.78, 5) is 4.49. The number of fused-ring (bicyclic) bond motifs is 5. The molecule has 4 nitrogen and oxygen atoms in total. The van der Waals surface area contributed by atoms with Crippen molar-refractivity contribution in [3.05, 3.63) is 12.2 Å². The van der Waals surface area contributed by atoms with Crippen molar-refractivity contribution in [3.8, 4) is 0 Å². The van der Waals surface area contributed by atoms with E-state index in [9.17, 15) is 0 Å². The molecule has 110 valence electrons. The average Bonchev–Trinajstić information content (AvgIpc) is 2.84. The van der Waals surface area contributed by atoms with Gasteiger partial charge >= 0.3 is 0 Å². The minimum absolute atomic E-state index is 0.605. The molecule has 1 aromatic heterocycles. The van der Waals surface area contributed by atoms with E-state index in [1.54, 1.807) is 6.33 Å². The molecular weight excluding hydrogens is 248 g/mol. The van der Waals surface area contributed by atoms with Gasteiger partial charge in [0.15, 0.2) is 0 Å². The second kappa shape index (κ2) is 4.83. The zero-order valence-corrected chi connectivity index (χ0v) is 12.6. The summed E-state index contributed by atoms with van der Waals surface area (Å²) in [5, 5.41) is 7.95. The molecule has 0 aliphatic heterocycles. The zero-order valence-electron chi connectivity index (χ0n) is 12.6. The minimum Gasteiger partial charge on any atom is -0.316 e. The lowest BCUT2D eigenvalue weighted by Gasteiger charge is -2.20. The van der Waals surface area contributed by atoms with Crippen LogP contribution in [0.5, 0.6) is 0 Å². The van der Waals surface area contributed by atoms with Crippen molar-refractivity contribution in [3.63, 3.8) is 0 Å². The number of rotatable bonds is 6. The number of nitrogens with zero attached hydrogens (tertiary/aromatic N) is 3. The summed E-state index contributed by atoms with van der Waals surface area (Å²) < 4.78 is 2.09. The summed E-state index contributed by atoms with van der Waals surface area (Å²) in [6.45, 7) is 3.19. The quantitative estimate of drug-likeness (QED) is 0.864. The molecule has 20 heavy (non-hydrogen) atoms. The molecule has 0 radical (unpaired) electrons. The van der Waals surface area contributed by atoms with Gasteiger partial charge in [-0.15, -0.1) is 0 Å². The Kier molecular flexibility index (Phi) is 3.09. The van der Waals surface area contributed by atoms with Gasteiger partial charge in [0.05, 0.1) is 0 Å². The number of hydrogen-bond donors (Lipinski definition) is 1. The van der Waals surface area contributed by atoms with Gasteiger partial charge in [0.25, 0.3) is 0 Å². The van der Waals surface area contributed by atoms with Crippen molar-refractivity contribution in [2.45, 2.75) is 51.6 Å². The Morgan fingerprint density at radius 3 is 2.75 bits per heavy atom. The van der Waals surface area contributed by atoms with E-state index in [-0.39, 0.29) is 0 Å². The molecule has 5 atom stereocenters. The summed E-state index contributed by atoms with van der Waals surface area (Å²) in [6.07, 6.45) is 8.44. The van der Waals surface area contributed by atoms with E-state index in [4.69, 9.17) is 0 Å². The normalized spacial score (nSPS) is 39.0. The maximum absolute atomic E-state index is 4.49. The van der Waals surface area contributed by atoms with Crippen LogP contribution in [0, 0.1) is 29.6 Å². The van der Waals surface area contributed by atoms with E-state index >= 15 is 0 Å². The summed E-state index contributed by atoms with van der Waals surface area (Å²) in [5.74, 6) is 6.27. The van der Waals surface area contributed by atoms with Gasteiger partial charge in [-0.1, -0.05) is 6.92 Å². The third kappa shape index (κ3) is 1.84. The molecule has 3 saturated carbocycles. The maximum atomic E-state index is 4.49. The molecule has 3 aliphatic carbocycles. The van der Waals surface area contributed by atoms with Crippen LogP contribution in [0.3, 0.4) is 0 Å². The molecule has 5 unspecified atom stereocenters. The summed E-state index contributed by atoms with van der Waals surface area (Å²) >= 11 is 0. The summed E-state index contributed by atoms with van der Waals surface area (Å²) in [5.41, 5.74) is 0. The van der Waals surface area contributed by atoms with Crippen LogP contribution < -0.4 is 5.32 Å². The van der Waals surface area contributed by atoms with Crippen molar-refractivity contribution in [2.24, 2.45) is 29.6 Å². The molecule has 4 rings (SSSR count). The predicted octanol–water partition coefficient (Wildman–Crippen LogP) is 2.11. The van der Waals surface area contributed by atoms with Crippen LogP contribution in [0.25, 0.3) is 0 Å². The van der Waals surface area contributed by atoms with Crippen LogP contribution in [0.15, 0.2) is 6.33 Å². The van der Waals surface area contributed by atoms with Crippen LogP contribution in [0.1, 0.15) is 38.4 Å². The molecule has 0 spiro atoms. The second-order valence-corrected chi connectivity index (χ2v) is 7.06. The van der Waals surface area contributed by atoms with Gasteiger partial charge in [-0.2, -0.15) is 5.10 Å². The number of aryl methyl sites for hydroxylation is 1. The van der Waals surface area contributed by atoms with Gasteiger partial charge in [0.1, 0.15) is 12.2 Å². The Balaban J connectivity index is 1.46. The van der Waals surface area contributed by atoms with Crippen molar-refractivity contribution in [1.29, 1.82) is 0 Å². The first kappa shape index (κ1) is 12.8. The molecule has 3 fully saturated rings. The molecule has 0 saturated heterocycles. The lowest BCUT2D eigenvalue weighted by molar-refractivity contribution is 0.367. The highest BCUT2D eigenvalue weighted by Gasteiger charge is 2.66. The van der Waals surface area contributed by atoms with E-state index in [0.717, 1.165) is 49.0 Å². The van der Waals surface area contributed by atoms with Crippen molar-refractivity contribution in [2.75, 3.05) is 7.05 Å². The maximum Gasteiger partial charge on any atom is 0.138 e. The predicted molar refractivity (Wildman–Crippen MR) is 78.2 cm³/mol. The Labute approximate surface area is 121 Å².